The Morgan fingerprint density at radius 1 is 1.00 bits per heavy atom. The van der Waals surface area contributed by atoms with Crippen molar-refractivity contribution in [1.29, 1.82) is 0 Å². The predicted octanol–water partition coefficient (Wildman–Crippen LogP) is 0.473. The van der Waals surface area contributed by atoms with Gasteiger partial charge in [0.05, 0.1) is 23.8 Å². The van der Waals surface area contributed by atoms with Crippen molar-refractivity contribution >= 4 is 35.5 Å². The lowest BCUT2D eigenvalue weighted by molar-refractivity contribution is -0.134. The molecule has 0 saturated carbocycles. The summed E-state index contributed by atoms with van der Waals surface area (Å²) in [6.07, 6.45) is 3.42. The fourth-order valence-electron chi connectivity index (χ4n) is 3.34. The molecule has 0 spiro atoms. The van der Waals surface area contributed by atoms with E-state index in [2.05, 4.69) is 15.1 Å². The van der Waals surface area contributed by atoms with Crippen molar-refractivity contribution in [1.82, 2.24) is 15.3 Å². The molecule has 11 heteroatoms. The molecule has 0 amide bonds. The van der Waals surface area contributed by atoms with E-state index in [9.17, 15) is 9.59 Å². The van der Waals surface area contributed by atoms with Crippen LogP contribution in [0.25, 0.3) is 0 Å². The van der Waals surface area contributed by atoms with Crippen LogP contribution in [0.1, 0.15) is 12.1 Å². The van der Waals surface area contributed by atoms with E-state index in [-0.39, 0.29) is 0 Å². The Morgan fingerprint density at radius 2 is 1.67 bits per heavy atom. The zero-order valence-corrected chi connectivity index (χ0v) is 17.6. The lowest BCUT2D eigenvalue weighted by atomic mass is 10.2. The molecular formula is C19H27N5O5S. The van der Waals surface area contributed by atoms with Crippen LogP contribution in [-0.2, 0) is 20.7 Å². The number of piperazine rings is 1. The number of hydrogen-bond donors (Lipinski definition) is 3. The number of carbonyl (C=O) groups is 2. The Morgan fingerprint density at radius 3 is 2.30 bits per heavy atom. The number of aryl methyl sites for hydroxylation is 1. The summed E-state index contributed by atoms with van der Waals surface area (Å²) in [4.78, 5) is 35.0. The first-order valence-electron chi connectivity index (χ1n) is 10.0. The second-order valence-electron chi connectivity index (χ2n) is 6.92. The lowest BCUT2D eigenvalue weighted by Crippen LogP contribution is -2.45. The summed E-state index contributed by atoms with van der Waals surface area (Å²) in [7, 11) is 0. The van der Waals surface area contributed by atoms with Crippen molar-refractivity contribution in [2.45, 2.75) is 17.7 Å². The Bertz CT molecular complexity index is 763. The minimum absolute atomic E-state index is 0.558. The fraction of sp³-hybridized carbons (Fsp3) is 0.579. The predicted molar refractivity (Wildman–Crippen MR) is 114 cm³/mol. The van der Waals surface area contributed by atoms with Crippen LogP contribution in [0.4, 0.5) is 11.8 Å². The second-order valence-corrected chi connectivity index (χ2v) is 8.03. The smallest absolute Gasteiger partial charge is 0.328 e. The van der Waals surface area contributed by atoms with Gasteiger partial charge < -0.3 is 30.1 Å². The number of hydrogen-bond acceptors (Lipinski definition) is 9. The van der Waals surface area contributed by atoms with Crippen molar-refractivity contribution in [3.63, 3.8) is 0 Å². The summed E-state index contributed by atoms with van der Waals surface area (Å²) in [5, 5.41) is 19.0. The zero-order valence-electron chi connectivity index (χ0n) is 16.7. The number of aromatic nitrogens is 2. The van der Waals surface area contributed by atoms with Gasteiger partial charge in [-0.3, -0.25) is 0 Å². The van der Waals surface area contributed by atoms with E-state index in [1.165, 1.54) is 22.8 Å². The van der Waals surface area contributed by atoms with E-state index in [0.717, 1.165) is 70.7 Å². The number of aliphatic carboxylic acids is 2. The summed E-state index contributed by atoms with van der Waals surface area (Å²) >= 11 is 1.93. The number of nitrogens with zero attached hydrogens (tertiary/aromatic N) is 4. The minimum atomic E-state index is -1.26. The van der Waals surface area contributed by atoms with E-state index in [1.807, 2.05) is 11.8 Å². The molecular weight excluding hydrogens is 410 g/mol. The van der Waals surface area contributed by atoms with Crippen LogP contribution in [0.15, 0.2) is 17.0 Å². The van der Waals surface area contributed by atoms with Gasteiger partial charge in [-0.1, -0.05) is 0 Å². The minimum Gasteiger partial charge on any atom is -0.478 e. The first kappa shape index (κ1) is 22.3. The van der Waals surface area contributed by atoms with Gasteiger partial charge in [0.2, 0.25) is 5.95 Å². The molecule has 2 fully saturated rings. The maximum Gasteiger partial charge on any atom is 0.328 e. The Labute approximate surface area is 179 Å². The molecule has 30 heavy (non-hydrogen) atoms. The highest BCUT2D eigenvalue weighted by molar-refractivity contribution is 7.99. The number of anilines is 2. The number of thioether (sulfide) groups is 1. The Kier molecular flexibility index (Phi) is 8.29. The van der Waals surface area contributed by atoms with Crippen molar-refractivity contribution in [2.75, 3.05) is 68.0 Å². The summed E-state index contributed by atoms with van der Waals surface area (Å²) in [5.41, 5.74) is 1.25. The molecule has 0 unspecified atom stereocenters. The molecule has 0 aromatic carbocycles. The van der Waals surface area contributed by atoms with Gasteiger partial charge in [-0.05, 0) is 18.6 Å². The fourth-order valence-corrected chi connectivity index (χ4v) is 4.45. The Hall–Kier alpha value is -2.37. The lowest BCUT2D eigenvalue weighted by Gasteiger charge is -2.33. The highest BCUT2D eigenvalue weighted by Crippen LogP contribution is 2.37. The highest BCUT2D eigenvalue weighted by Gasteiger charge is 2.25. The summed E-state index contributed by atoms with van der Waals surface area (Å²) in [5.74, 6) is 0.733. The standard InChI is InChI=1S/C15H23N5OS.C4H4O4/c1-2-12-13(22-11-1)14(19-7-9-21-10-8-19)18-15(17-12)20-5-3-16-4-6-20;5-3(6)1-2-4(7)8/h16H,1-11H2;1-2H,(H,5,6)(H,7,8)/b;2-1-. The van der Waals surface area contributed by atoms with Gasteiger partial charge in [-0.15, -0.1) is 11.8 Å². The highest BCUT2D eigenvalue weighted by atomic mass is 32.2. The van der Waals surface area contributed by atoms with Gasteiger partial charge in [0.25, 0.3) is 0 Å². The molecule has 4 heterocycles. The van der Waals surface area contributed by atoms with Gasteiger partial charge >= 0.3 is 11.9 Å². The SMILES string of the molecule is C1CSc2c(nc(N3CCNCC3)nc2N2CCOCC2)C1.O=C(O)/C=C\C(=O)O. The normalized spacial score (nSPS) is 19.1. The van der Waals surface area contributed by atoms with Gasteiger partial charge in [0.1, 0.15) is 5.82 Å². The number of morpholine rings is 1. The third-order valence-electron chi connectivity index (χ3n) is 4.79. The monoisotopic (exact) mass is 437 g/mol. The van der Waals surface area contributed by atoms with Crippen molar-refractivity contribution in [3.05, 3.63) is 17.8 Å². The van der Waals surface area contributed by atoms with Crippen LogP contribution in [0.5, 0.6) is 0 Å². The van der Waals surface area contributed by atoms with Crippen LogP contribution >= 0.6 is 11.8 Å². The topological polar surface area (TPSA) is 128 Å². The van der Waals surface area contributed by atoms with Crippen molar-refractivity contribution in [3.8, 4) is 0 Å². The van der Waals surface area contributed by atoms with E-state index in [4.69, 9.17) is 24.9 Å². The van der Waals surface area contributed by atoms with Crippen LogP contribution in [-0.4, -0.2) is 90.4 Å². The molecule has 1 aromatic rings. The zero-order chi connectivity index (χ0) is 21.3. The third-order valence-corrected chi connectivity index (χ3v) is 5.99. The van der Waals surface area contributed by atoms with Crippen LogP contribution in [0.3, 0.4) is 0 Å². The molecule has 0 radical (unpaired) electrons. The van der Waals surface area contributed by atoms with Gasteiger partial charge in [-0.25, -0.2) is 14.6 Å². The van der Waals surface area contributed by atoms with E-state index in [0.29, 0.717) is 12.2 Å². The maximum absolute atomic E-state index is 9.55. The number of ether oxygens (including phenoxy) is 1. The molecule has 3 N–H and O–H groups in total. The molecule has 0 aliphatic carbocycles. The Balaban J connectivity index is 0.000000275. The summed E-state index contributed by atoms with van der Waals surface area (Å²) in [6.45, 7) is 7.49. The van der Waals surface area contributed by atoms with E-state index in [1.54, 1.807) is 0 Å². The average molecular weight is 438 g/mol. The van der Waals surface area contributed by atoms with E-state index >= 15 is 0 Å². The van der Waals surface area contributed by atoms with E-state index < -0.39 is 11.9 Å². The van der Waals surface area contributed by atoms with Crippen LogP contribution in [0.2, 0.25) is 0 Å². The van der Waals surface area contributed by atoms with Crippen LogP contribution in [0, 0.1) is 0 Å². The number of nitrogens with one attached hydrogen (secondary N) is 1. The third kappa shape index (κ3) is 6.31. The second kappa shape index (κ2) is 11.1. The van der Waals surface area contributed by atoms with Crippen LogP contribution < -0.4 is 15.1 Å². The first-order valence-corrected chi connectivity index (χ1v) is 11.0. The molecule has 3 aliphatic rings. The molecule has 0 atom stereocenters. The molecule has 10 nitrogen and oxygen atoms in total. The quantitative estimate of drug-likeness (QED) is 0.569. The molecule has 3 aliphatic heterocycles. The summed E-state index contributed by atoms with van der Waals surface area (Å²) in [6, 6.07) is 0. The number of carboxylic acid groups (broad SMARTS) is 2. The molecule has 4 rings (SSSR count). The number of carboxylic acids is 2. The maximum atomic E-state index is 9.55. The molecule has 0 bridgehead atoms. The molecule has 1 aromatic heterocycles. The molecule has 164 valence electrons. The largest absolute Gasteiger partial charge is 0.478 e. The van der Waals surface area contributed by atoms with Gasteiger partial charge in [-0.2, -0.15) is 4.98 Å². The van der Waals surface area contributed by atoms with Crippen molar-refractivity contribution < 1.29 is 24.5 Å². The molecule has 2 saturated heterocycles. The van der Waals surface area contributed by atoms with Gasteiger partial charge in [0, 0.05) is 51.4 Å². The van der Waals surface area contributed by atoms with Gasteiger partial charge in [0.15, 0.2) is 0 Å². The van der Waals surface area contributed by atoms with Crippen molar-refractivity contribution in [2.24, 2.45) is 0 Å². The average Bonchev–Trinajstić information content (AvgIpc) is 2.78. The number of fused-ring (bicyclic) bond motifs is 1. The number of rotatable bonds is 4. The first-order chi connectivity index (χ1) is 14.5. The summed E-state index contributed by atoms with van der Waals surface area (Å²) < 4.78 is 5.50.